The first kappa shape index (κ1) is 12.9. The molecule has 1 atom stereocenters. The molecule has 1 saturated heterocycles. The lowest BCUT2D eigenvalue weighted by molar-refractivity contribution is -0.141. The molecule has 1 rings (SSSR count). The zero-order valence-corrected chi connectivity index (χ0v) is 9.65. The van der Waals surface area contributed by atoms with Crippen molar-refractivity contribution in [3.63, 3.8) is 0 Å². The third-order valence-corrected chi connectivity index (χ3v) is 2.58. The minimum atomic E-state index is -0.310. The maximum atomic E-state index is 12.0. The Kier molecular flexibility index (Phi) is 5.83. The van der Waals surface area contributed by atoms with Crippen molar-refractivity contribution in [1.29, 1.82) is 5.26 Å². The van der Waals surface area contributed by atoms with Crippen LogP contribution in [0.2, 0.25) is 0 Å². The monoisotopic (exact) mass is 226 g/mol. The summed E-state index contributed by atoms with van der Waals surface area (Å²) < 4.78 is 10.3. The SMILES string of the molecule is COCCN(CCC#N)C(=O)C1CCCO1. The van der Waals surface area contributed by atoms with Gasteiger partial charge >= 0.3 is 0 Å². The molecule has 5 nitrogen and oxygen atoms in total. The quantitative estimate of drug-likeness (QED) is 0.663. The molecule has 0 N–H and O–H groups in total. The highest BCUT2D eigenvalue weighted by atomic mass is 16.5. The molecule has 1 aliphatic heterocycles. The van der Waals surface area contributed by atoms with Gasteiger partial charge in [-0.15, -0.1) is 0 Å². The fourth-order valence-electron chi connectivity index (χ4n) is 1.69. The first-order valence-electron chi connectivity index (χ1n) is 5.56. The molecule has 0 aromatic rings. The van der Waals surface area contributed by atoms with E-state index in [9.17, 15) is 4.79 Å². The van der Waals surface area contributed by atoms with Gasteiger partial charge in [0.15, 0.2) is 0 Å². The van der Waals surface area contributed by atoms with Crippen LogP contribution in [0.4, 0.5) is 0 Å². The molecule has 0 bridgehead atoms. The minimum absolute atomic E-state index is 0.00944. The Morgan fingerprint density at radius 1 is 1.62 bits per heavy atom. The van der Waals surface area contributed by atoms with Crippen molar-refractivity contribution < 1.29 is 14.3 Å². The highest BCUT2D eigenvalue weighted by Crippen LogP contribution is 2.14. The Morgan fingerprint density at radius 3 is 3.00 bits per heavy atom. The predicted molar refractivity (Wildman–Crippen MR) is 57.7 cm³/mol. The van der Waals surface area contributed by atoms with Crippen molar-refractivity contribution in [3.05, 3.63) is 0 Å². The molecule has 5 heteroatoms. The van der Waals surface area contributed by atoms with E-state index >= 15 is 0 Å². The van der Waals surface area contributed by atoms with Crippen molar-refractivity contribution >= 4 is 5.91 Å². The smallest absolute Gasteiger partial charge is 0.251 e. The van der Waals surface area contributed by atoms with Crippen LogP contribution < -0.4 is 0 Å². The van der Waals surface area contributed by atoms with Crippen molar-refractivity contribution in [2.24, 2.45) is 0 Å². The van der Waals surface area contributed by atoms with Crippen LogP contribution >= 0.6 is 0 Å². The van der Waals surface area contributed by atoms with Crippen molar-refractivity contribution in [1.82, 2.24) is 4.90 Å². The summed E-state index contributed by atoms with van der Waals surface area (Å²) in [5.74, 6) is -0.00944. The number of amides is 1. The fourth-order valence-corrected chi connectivity index (χ4v) is 1.69. The number of carbonyl (C=O) groups excluding carboxylic acids is 1. The van der Waals surface area contributed by atoms with Crippen molar-refractivity contribution in [2.45, 2.75) is 25.4 Å². The number of nitriles is 1. The molecule has 0 spiro atoms. The minimum Gasteiger partial charge on any atom is -0.383 e. The zero-order chi connectivity index (χ0) is 11.8. The molecular formula is C11H18N2O3. The molecule has 1 unspecified atom stereocenters. The molecule has 0 aliphatic carbocycles. The van der Waals surface area contributed by atoms with E-state index in [0.717, 1.165) is 12.8 Å². The summed E-state index contributed by atoms with van der Waals surface area (Å²) in [6, 6.07) is 2.04. The van der Waals surface area contributed by atoms with Crippen LogP contribution in [0.1, 0.15) is 19.3 Å². The van der Waals surface area contributed by atoms with Gasteiger partial charge in [-0.1, -0.05) is 0 Å². The van der Waals surface area contributed by atoms with E-state index in [2.05, 4.69) is 0 Å². The average Bonchev–Trinajstić information content (AvgIpc) is 2.82. The Morgan fingerprint density at radius 2 is 2.44 bits per heavy atom. The summed E-state index contributed by atoms with van der Waals surface area (Å²) in [5.41, 5.74) is 0. The second-order valence-corrected chi connectivity index (χ2v) is 3.73. The van der Waals surface area contributed by atoms with Crippen molar-refractivity contribution in [2.75, 3.05) is 33.4 Å². The van der Waals surface area contributed by atoms with E-state index in [1.54, 1.807) is 12.0 Å². The van der Waals surface area contributed by atoms with Gasteiger partial charge < -0.3 is 14.4 Å². The first-order chi connectivity index (χ1) is 7.79. The maximum absolute atomic E-state index is 12.0. The molecule has 0 radical (unpaired) electrons. The molecule has 1 aliphatic rings. The standard InChI is InChI=1S/C11H18N2O3/c1-15-9-7-13(6-3-5-12)11(14)10-4-2-8-16-10/h10H,2-4,6-9H2,1H3. The Hall–Kier alpha value is -1.12. The van der Waals surface area contributed by atoms with Gasteiger partial charge in [0.1, 0.15) is 6.10 Å². The normalized spacial score (nSPS) is 19.4. The summed E-state index contributed by atoms with van der Waals surface area (Å²) in [6.07, 6.45) is 1.76. The second kappa shape index (κ2) is 7.20. The number of ether oxygens (including phenoxy) is 2. The summed E-state index contributed by atoms with van der Waals surface area (Å²) >= 11 is 0. The number of methoxy groups -OCH3 is 1. The van der Waals surface area contributed by atoms with Crippen LogP contribution in [0.25, 0.3) is 0 Å². The van der Waals surface area contributed by atoms with Gasteiger partial charge in [0.25, 0.3) is 5.91 Å². The van der Waals surface area contributed by atoms with Crippen LogP contribution in [0, 0.1) is 11.3 Å². The molecule has 1 amide bonds. The summed E-state index contributed by atoms with van der Waals surface area (Å²) in [6.45, 7) is 2.13. The van der Waals surface area contributed by atoms with Gasteiger partial charge in [-0.3, -0.25) is 4.79 Å². The topological polar surface area (TPSA) is 62.6 Å². The third kappa shape index (κ3) is 3.80. The maximum Gasteiger partial charge on any atom is 0.251 e. The first-order valence-corrected chi connectivity index (χ1v) is 5.56. The molecular weight excluding hydrogens is 208 g/mol. The predicted octanol–water partition coefficient (Wildman–Crippen LogP) is 0.554. The van der Waals surface area contributed by atoms with Crippen LogP contribution in [0.3, 0.4) is 0 Å². The van der Waals surface area contributed by atoms with Gasteiger partial charge in [-0.25, -0.2) is 0 Å². The molecule has 90 valence electrons. The van der Waals surface area contributed by atoms with E-state index in [0.29, 0.717) is 32.7 Å². The zero-order valence-electron chi connectivity index (χ0n) is 9.65. The lowest BCUT2D eigenvalue weighted by Gasteiger charge is -2.23. The number of rotatable bonds is 6. The molecule has 16 heavy (non-hydrogen) atoms. The third-order valence-electron chi connectivity index (χ3n) is 2.58. The van der Waals surface area contributed by atoms with Gasteiger partial charge in [-0.2, -0.15) is 5.26 Å². The van der Waals surface area contributed by atoms with Crippen LogP contribution in [0.15, 0.2) is 0 Å². The van der Waals surface area contributed by atoms with Crippen molar-refractivity contribution in [3.8, 4) is 6.07 Å². The van der Waals surface area contributed by atoms with Crippen LogP contribution in [0.5, 0.6) is 0 Å². The van der Waals surface area contributed by atoms with E-state index in [4.69, 9.17) is 14.7 Å². The Bertz CT molecular complexity index is 256. The number of nitrogens with zero attached hydrogens (tertiary/aromatic N) is 2. The van der Waals surface area contributed by atoms with E-state index < -0.39 is 0 Å². The molecule has 0 aromatic carbocycles. The summed E-state index contributed by atoms with van der Waals surface area (Å²) in [4.78, 5) is 13.6. The highest BCUT2D eigenvalue weighted by Gasteiger charge is 2.27. The molecule has 0 aromatic heterocycles. The van der Waals surface area contributed by atoms with E-state index in [1.807, 2.05) is 6.07 Å². The van der Waals surface area contributed by atoms with Crippen LogP contribution in [-0.2, 0) is 14.3 Å². The summed E-state index contributed by atoms with van der Waals surface area (Å²) in [5, 5.41) is 8.54. The Balaban J connectivity index is 2.45. The number of hydrogen-bond donors (Lipinski definition) is 0. The van der Waals surface area contributed by atoms with Crippen LogP contribution in [-0.4, -0.2) is 50.3 Å². The number of hydrogen-bond acceptors (Lipinski definition) is 4. The summed E-state index contributed by atoms with van der Waals surface area (Å²) in [7, 11) is 1.60. The number of carbonyl (C=O) groups is 1. The molecule has 1 heterocycles. The Labute approximate surface area is 95.9 Å². The van der Waals surface area contributed by atoms with E-state index in [-0.39, 0.29) is 12.0 Å². The van der Waals surface area contributed by atoms with E-state index in [1.165, 1.54) is 0 Å². The largest absolute Gasteiger partial charge is 0.383 e. The van der Waals surface area contributed by atoms with Gasteiger partial charge in [0, 0.05) is 26.8 Å². The second-order valence-electron chi connectivity index (χ2n) is 3.73. The average molecular weight is 226 g/mol. The van der Waals surface area contributed by atoms with Gasteiger partial charge in [-0.05, 0) is 12.8 Å². The van der Waals surface area contributed by atoms with Gasteiger partial charge in [0.2, 0.25) is 0 Å². The lowest BCUT2D eigenvalue weighted by Crippen LogP contribution is -2.41. The molecule has 1 fully saturated rings. The molecule has 0 saturated carbocycles. The lowest BCUT2D eigenvalue weighted by atomic mass is 10.2. The fraction of sp³-hybridized carbons (Fsp3) is 0.818. The van der Waals surface area contributed by atoms with Gasteiger partial charge in [0.05, 0.1) is 19.1 Å². The highest BCUT2D eigenvalue weighted by molar-refractivity contribution is 5.81.